The van der Waals surface area contributed by atoms with E-state index in [1.165, 1.54) is 0 Å². The lowest BCUT2D eigenvalue weighted by Crippen LogP contribution is -2.07. The van der Waals surface area contributed by atoms with Gasteiger partial charge < -0.3 is 19.3 Å². The van der Waals surface area contributed by atoms with Crippen LogP contribution in [0.5, 0.6) is 5.75 Å². The second-order valence-electron chi connectivity index (χ2n) is 5.15. The monoisotopic (exact) mass is 308 g/mol. The van der Waals surface area contributed by atoms with Crippen LogP contribution in [0.25, 0.3) is 6.08 Å². The lowest BCUT2D eigenvalue weighted by molar-refractivity contribution is -0.133. The van der Waals surface area contributed by atoms with Gasteiger partial charge in [0.05, 0.1) is 6.61 Å². The van der Waals surface area contributed by atoms with Gasteiger partial charge in [-0.15, -0.1) is 0 Å². The first-order valence-electron chi connectivity index (χ1n) is 7.29. The number of benzene rings is 1. The number of carboxylic acids is 1. The van der Waals surface area contributed by atoms with Gasteiger partial charge in [0.25, 0.3) is 0 Å². The molecule has 1 N–H and O–H groups in total. The lowest BCUT2D eigenvalue weighted by atomic mass is 10.0. The maximum atomic E-state index is 11.2. The molecule has 0 fully saturated rings. The van der Waals surface area contributed by atoms with Crippen LogP contribution in [0.4, 0.5) is 0 Å². The summed E-state index contributed by atoms with van der Waals surface area (Å²) < 4.78 is 15.7. The Morgan fingerprint density at radius 2 is 2.09 bits per heavy atom. The number of hydrogen-bond acceptors (Lipinski definition) is 4. The number of hydrogen-bond donors (Lipinski definition) is 1. The highest BCUT2D eigenvalue weighted by Crippen LogP contribution is 2.19. The van der Waals surface area contributed by atoms with Crippen LogP contribution in [0.3, 0.4) is 0 Å². The van der Waals surface area contributed by atoms with E-state index >= 15 is 0 Å². The van der Waals surface area contributed by atoms with Gasteiger partial charge in [-0.3, -0.25) is 0 Å². The predicted octanol–water partition coefficient (Wildman–Crippen LogP) is 3.20. The number of aliphatic carboxylic acids is 1. The largest absolute Gasteiger partial charge is 0.478 e. The van der Waals surface area contributed by atoms with Crippen LogP contribution in [-0.2, 0) is 14.3 Å². The van der Waals surface area contributed by atoms with E-state index in [1.54, 1.807) is 19.3 Å². The van der Waals surface area contributed by atoms with E-state index in [0.717, 1.165) is 12.0 Å². The average molecular weight is 308 g/mol. The van der Waals surface area contributed by atoms with Crippen molar-refractivity contribution in [2.75, 3.05) is 27.1 Å². The van der Waals surface area contributed by atoms with Crippen molar-refractivity contribution in [1.29, 1.82) is 0 Å². The summed E-state index contributed by atoms with van der Waals surface area (Å²) in [5, 5.41) is 9.19. The van der Waals surface area contributed by atoms with Crippen molar-refractivity contribution in [3.8, 4) is 5.75 Å². The summed E-state index contributed by atoms with van der Waals surface area (Å²) in [6.07, 6.45) is 2.48. The van der Waals surface area contributed by atoms with E-state index in [4.69, 9.17) is 14.2 Å². The number of ether oxygens (including phenoxy) is 3. The van der Waals surface area contributed by atoms with Crippen molar-refractivity contribution in [1.82, 2.24) is 0 Å². The molecule has 5 heteroatoms. The van der Waals surface area contributed by atoms with Gasteiger partial charge in [0.1, 0.15) is 5.75 Å². The fourth-order valence-electron chi connectivity index (χ4n) is 1.82. The van der Waals surface area contributed by atoms with Gasteiger partial charge in [-0.25, -0.2) is 4.79 Å². The Balaban J connectivity index is 2.58. The Morgan fingerprint density at radius 3 is 2.73 bits per heavy atom. The Kier molecular flexibility index (Phi) is 8.25. The highest BCUT2D eigenvalue weighted by Gasteiger charge is 2.11. The molecule has 0 aliphatic carbocycles. The SMILES string of the molecule is COCCCOCOc1cccc(/C=C(/C(=O)O)C(C)C)c1. The molecule has 0 saturated carbocycles. The number of carboxylic acid groups (broad SMARTS) is 1. The zero-order valence-electron chi connectivity index (χ0n) is 13.4. The molecule has 0 aliphatic heterocycles. The van der Waals surface area contributed by atoms with Gasteiger partial charge in [0.15, 0.2) is 6.79 Å². The maximum Gasteiger partial charge on any atom is 0.331 e. The number of methoxy groups -OCH3 is 1. The first-order valence-corrected chi connectivity index (χ1v) is 7.29. The molecule has 0 bridgehead atoms. The van der Waals surface area contributed by atoms with Gasteiger partial charge in [0.2, 0.25) is 0 Å². The molecule has 0 atom stereocenters. The molecule has 1 aromatic carbocycles. The third-order valence-corrected chi connectivity index (χ3v) is 3.00. The highest BCUT2D eigenvalue weighted by molar-refractivity contribution is 5.92. The van der Waals surface area contributed by atoms with Crippen LogP contribution in [0.2, 0.25) is 0 Å². The Bertz CT molecular complexity index is 494. The second-order valence-corrected chi connectivity index (χ2v) is 5.15. The van der Waals surface area contributed by atoms with Crippen molar-refractivity contribution in [3.05, 3.63) is 35.4 Å². The van der Waals surface area contributed by atoms with E-state index < -0.39 is 5.97 Å². The van der Waals surface area contributed by atoms with Gasteiger partial charge in [0, 0.05) is 19.3 Å². The highest BCUT2D eigenvalue weighted by atomic mass is 16.7. The number of rotatable bonds is 10. The van der Waals surface area contributed by atoms with E-state index in [-0.39, 0.29) is 12.7 Å². The summed E-state index contributed by atoms with van der Waals surface area (Å²) in [7, 11) is 1.65. The summed E-state index contributed by atoms with van der Waals surface area (Å²) in [6.45, 7) is 5.10. The molecule has 0 heterocycles. The van der Waals surface area contributed by atoms with Crippen molar-refractivity contribution < 1.29 is 24.1 Å². The molecule has 22 heavy (non-hydrogen) atoms. The topological polar surface area (TPSA) is 65.0 Å². The lowest BCUT2D eigenvalue weighted by Gasteiger charge is -2.09. The van der Waals surface area contributed by atoms with Gasteiger partial charge in [-0.2, -0.15) is 0 Å². The number of carbonyl (C=O) groups is 1. The van der Waals surface area contributed by atoms with Crippen LogP contribution in [0.15, 0.2) is 29.8 Å². The summed E-state index contributed by atoms with van der Waals surface area (Å²) in [4.78, 5) is 11.2. The molecule has 0 saturated heterocycles. The minimum Gasteiger partial charge on any atom is -0.478 e. The van der Waals surface area contributed by atoms with E-state index in [2.05, 4.69) is 0 Å². The first kappa shape index (κ1) is 18.2. The Morgan fingerprint density at radius 1 is 1.32 bits per heavy atom. The Hall–Kier alpha value is -1.85. The Labute approximate surface area is 131 Å². The predicted molar refractivity (Wildman–Crippen MR) is 84.8 cm³/mol. The van der Waals surface area contributed by atoms with Crippen LogP contribution < -0.4 is 4.74 Å². The van der Waals surface area contributed by atoms with Crippen LogP contribution in [-0.4, -0.2) is 38.2 Å². The van der Waals surface area contributed by atoms with E-state index in [1.807, 2.05) is 32.0 Å². The van der Waals surface area contributed by atoms with Crippen LogP contribution in [0, 0.1) is 5.92 Å². The molecule has 0 unspecified atom stereocenters. The summed E-state index contributed by atoms with van der Waals surface area (Å²) in [5.41, 5.74) is 1.16. The molecule has 1 rings (SSSR count). The fraction of sp³-hybridized carbons (Fsp3) is 0.471. The first-order chi connectivity index (χ1) is 10.5. The molecule has 0 amide bonds. The van der Waals surface area contributed by atoms with Gasteiger partial charge >= 0.3 is 5.97 Å². The van der Waals surface area contributed by atoms with E-state index in [0.29, 0.717) is 24.5 Å². The third-order valence-electron chi connectivity index (χ3n) is 3.00. The zero-order valence-corrected chi connectivity index (χ0v) is 13.4. The van der Waals surface area contributed by atoms with Gasteiger partial charge in [-0.1, -0.05) is 26.0 Å². The third kappa shape index (κ3) is 6.74. The van der Waals surface area contributed by atoms with Crippen LogP contribution in [0.1, 0.15) is 25.8 Å². The summed E-state index contributed by atoms with van der Waals surface area (Å²) >= 11 is 0. The molecular formula is C17H24O5. The summed E-state index contributed by atoms with van der Waals surface area (Å²) in [6, 6.07) is 7.28. The van der Waals surface area contributed by atoms with Gasteiger partial charge in [-0.05, 0) is 36.1 Å². The van der Waals surface area contributed by atoms with Crippen molar-refractivity contribution in [3.63, 3.8) is 0 Å². The standard InChI is InChI=1S/C17H24O5/c1-13(2)16(17(18)19)11-14-6-4-7-15(10-14)22-12-21-9-5-8-20-3/h4,6-7,10-11,13H,5,8-9,12H2,1-3H3,(H,18,19)/b16-11+. The molecule has 5 nitrogen and oxygen atoms in total. The smallest absolute Gasteiger partial charge is 0.331 e. The van der Waals surface area contributed by atoms with Crippen LogP contribution >= 0.6 is 0 Å². The zero-order chi connectivity index (χ0) is 16.4. The van der Waals surface area contributed by atoms with E-state index in [9.17, 15) is 9.90 Å². The molecule has 0 spiro atoms. The molecule has 122 valence electrons. The maximum absolute atomic E-state index is 11.2. The minimum atomic E-state index is -0.900. The van der Waals surface area contributed by atoms with Crippen molar-refractivity contribution in [2.45, 2.75) is 20.3 Å². The fourth-order valence-corrected chi connectivity index (χ4v) is 1.82. The normalized spacial score (nSPS) is 11.7. The molecular weight excluding hydrogens is 284 g/mol. The second kappa shape index (κ2) is 9.97. The molecule has 0 aliphatic rings. The minimum absolute atomic E-state index is 0.0498. The average Bonchev–Trinajstić information content (AvgIpc) is 2.48. The van der Waals surface area contributed by atoms with Crippen molar-refractivity contribution >= 4 is 12.0 Å². The summed E-state index contributed by atoms with van der Waals surface area (Å²) in [5.74, 6) is -0.303. The quantitative estimate of drug-likeness (QED) is 0.408. The molecule has 0 radical (unpaired) electrons. The molecule has 0 aromatic heterocycles. The molecule has 1 aromatic rings. The van der Waals surface area contributed by atoms with Crippen molar-refractivity contribution in [2.24, 2.45) is 5.92 Å².